The predicted octanol–water partition coefficient (Wildman–Crippen LogP) is 0.0636. The van der Waals surface area contributed by atoms with Gasteiger partial charge in [-0.15, -0.1) is 0 Å². The van der Waals surface area contributed by atoms with Gasteiger partial charge < -0.3 is 5.11 Å². The highest BCUT2D eigenvalue weighted by Crippen LogP contribution is 2.13. The first kappa shape index (κ1) is 9.77. The summed E-state index contributed by atoms with van der Waals surface area (Å²) in [7, 11) is 5.76. The molecule has 4 nitrogen and oxygen atoms in total. The Morgan fingerprint density at radius 1 is 1.67 bits per heavy atom. The van der Waals surface area contributed by atoms with Gasteiger partial charge in [0.05, 0.1) is 18.1 Å². The Bertz CT molecular complexity index is 533. The predicted molar refractivity (Wildman–Crippen MR) is 56.7 cm³/mol. The van der Waals surface area contributed by atoms with E-state index in [4.69, 9.17) is 13.0 Å². The van der Waals surface area contributed by atoms with Crippen LogP contribution in [0.1, 0.15) is 11.1 Å². The number of hydrogen-bond acceptors (Lipinski definition) is 2. The molecule has 2 rings (SSSR count). The normalized spacial score (nSPS) is 10.7. The summed E-state index contributed by atoms with van der Waals surface area (Å²) in [6, 6.07) is 1.75. The van der Waals surface area contributed by atoms with Gasteiger partial charge in [-0.1, -0.05) is 11.5 Å². The Balaban J connectivity index is 2.66. The molecule has 2 aromatic heterocycles. The minimum Gasteiger partial charge on any atom is -0.481 e. The van der Waals surface area contributed by atoms with Gasteiger partial charge in [0, 0.05) is 11.8 Å². The second kappa shape index (κ2) is 3.42. The van der Waals surface area contributed by atoms with Crippen LogP contribution in [0, 0.1) is 6.92 Å². The number of nitrogens with zero attached hydrogens (tertiary/aromatic N) is 2. The average molecular weight is 200 g/mol. The lowest BCUT2D eigenvalue weighted by Gasteiger charge is -2.04. The molecule has 0 aromatic carbocycles. The molecular formula is C10H9BN2O2. The Morgan fingerprint density at radius 3 is 3.07 bits per heavy atom. The molecule has 0 fully saturated rings. The lowest BCUT2D eigenvalue weighted by Crippen LogP contribution is -2.10. The molecule has 2 radical (unpaired) electrons. The van der Waals surface area contributed by atoms with Gasteiger partial charge in [-0.25, -0.2) is 4.52 Å². The number of pyridine rings is 1. The van der Waals surface area contributed by atoms with Crippen molar-refractivity contribution >= 4 is 24.8 Å². The monoisotopic (exact) mass is 200 g/mol. The topological polar surface area (TPSA) is 54.6 Å². The second-order valence-corrected chi connectivity index (χ2v) is 3.43. The fourth-order valence-electron chi connectivity index (χ4n) is 1.63. The van der Waals surface area contributed by atoms with E-state index in [9.17, 15) is 4.79 Å². The number of carboxylic acids is 1. The van der Waals surface area contributed by atoms with Crippen molar-refractivity contribution in [1.82, 2.24) is 9.61 Å². The van der Waals surface area contributed by atoms with Gasteiger partial charge in [-0.2, -0.15) is 5.10 Å². The first-order chi connectivity index (χ1) is 7.09. The van der Waals surface area contributed by atoms with Crippen LogP contribution in [0.2, 0.25) is 0 Å². The van der Waals surface area contributed by atoms with E-state index in [2.05, 4.69) is 5.10 Å². The quantitative estimate of drug-likeness (QED) is 0.697. The number of fused-ring (bicyclic) bond motifs is 1. The number of aryl methyl sites for hydroxylation is 1. The van der Waals surface area contributed by atoms with Crippen LogP contribution in [0.15, 0.2) is 18.5 Å². The molecule has 2 heterocycles. The summed E-state index contributed by atoms with van der Waals surface area (Å²) in [5.74, 6) is -0.869. The van der Waals surface area contributed by atoms with Gasteiger partial charge in [-0.3, -0.25) is 4.79 Å². The van der Waals surface area contributed by atoms with E-state index >= 15 is 0 Å². The second-order valence-electron chi connectivity index (χ2n) is 3.43. The first-order valence-electron chi connectivity index (χ1n) is 4.52. The van der Waals surface area contributed by atoms with Gasteiger partial charge in [0.2, 0.25) is 0 Å². The summed E-state index contributed by atoms with van der Waals surface area (Å²) < 4.78 is 1.64. The van der Waals surface area contributed by atoms with Crippen molar-refractivity contribution in [2.75, 3.05) is 0 Å². The van der Waals surface area contributed by atoms with Crippen LogP contribution in [-0.2, 0) is 11.2 Å². The summed E-state index contributed by atoms with van der Waals surface area (Å²) in [6.07, 6.45) is 3.26. The van der Waals surface area contributed by atoms with Crippen LogP contribution in [0.5, 0.6) is 0 Å². The molecule has 0 unspecified atom stereocenters. The van der Waals surface area contributed by atoms with Crippen molar-refractivity contribution in [3.8, 4) is 0 Å². The number of aliphatic carboxylic acids is 1. The van der Waals surface area contributed by atoms with Gasteiger partial charge in [0.15, 0.2) is 0 Å². The highest BCUT2D eigenvalue weighted by atomic mass is 16.4. The van der Waals surface area contributed by atoms with Crippen LogP contribution >= 0.6 is 0 Å². The molecule has 74 valence electrons. The molecule has 0 atom stereocenters. The van der Waals surface area contributed by atoms with Crippen LogP contribution < -0.4 is 5.46 Å². The number of rotatable bonds is 2. The SMILES string of the molecule is [B]c1ccn2ncc(CC(=O)O)c2c1C. The lowest BCUT2D eigenvalue weighted by atomic mass is 9.91. The smallest absolute Gasteiger partial charge is 0.307 e. The molecule has 0 amide bonds. The van der Waals surface area contributed by atoms with E-state index in [1.54, 1.807) is 23.0 Å². The Labute approximate surface area is 87.9 Å². The van der Waals surface area contributed by atoms with E-state index in [0.717, 1.165) is 11.1 Å². The molecule has 1 N–H and O–H groups in total. The van der Waals surface area contributed by atoms with E-state index in [1.165, 1.54) is 0 Å². The summed E-state index contributed by atoms with van der Waals surface area (Å²) in [5.41, 5.74) is 2.99. The first-order valence-corrected chi connectivity index (χ1v) is 4.52. The lowest BCUT2D eigenvalue weighted by molar-refractivity contribution is -0.136. The molecule has 0 aliphatic heterocycles. The van der Waals surface area contributed by atoms with Crippen molar-refractivity contribution in [2.45, 2.75) is 13.3 Å². The third-order valence-electron chi connectivity index (χ3n) is 2.40. The van der Waals surface area contributed by atoms with Gasteiger partial charge in [0.25, 0.3) is 0 Å². The molecule has 0 bridgehead atoms. The summed E-state index contributed by atoms with van der Waals surface area (Å²) in [6.45, 7) is 1.86. The summed E-state index contributed by atoms with van der Waals surface area (Å²) >= 11 is 0. The molecular weight excluding hydrogens is 191 g/mol. The van der Waals surface area contributed by atoms with Gasteiger partial charge >= 0.3 is 5.97 Å². The molecule has 5 heteroatoms. The number of carboxylic acid groups (broad SMARTS) is 1. The Kier molecular flexibility index (Phi) is 2.23. The molecule has 0 aliphatic carbocycles. The Morgan fingerprint density at radius 2 is 2.40 bits per heavy atom. The fourth-order valence-corrected chi connectivity index (χ4v) is 1.63. The minimum atomic E-state index is -0.869. The zero-order valence-electron chi connectivity index (χ0n) is 8.27. The molecule has 0 aliphatic rings. The highest BCUT2D eigenvalue weighted by molar-refractivity contribution is 6.33. The summed E-state index contributed by atoms with van der Waals surface area (Å²) in [5, 5.41) is 12.8. The van der Waals surface area contributed by atoms with E-state index < -0.39 is 5.97 Å². The van der Waals surface area contributed by atoms with E-state index in [1.807, 2.05) is 6.92 Å². The zero-order valence-corrected chi connectivity index (χ0v) is 8.27. The highest BCUT2D eigenvalue weighted by Gasteiger charge is 2.10. The van der Waals surface area contributed by atoms with E-state index in [0.29, 0.717) is 11.0 Å². The maximum absolute atomic E-state index is 10.6. The maximum atomic E-state index is 10.6. The zero-order chi connectivity index (χ0) is 11.0. The largest absolute Gasteiger partial charge is 0.481 e. The number of aromatic nitrogens is 2. The van der Waals surface area contributed by atoms with Crippen molar-refractivity contribution < 1.29 is 9.90 Å². The molecule has 0 saturated heterocycles. The van der Waals surface area contributed by atoms with Crippen molar-refractivity contribution in [3.63, 3.8) is 0 Å². The molecule has 0 spiro atoms. The molecule has 15 heavy (non-hydrogen) atoms. The number of hydrogen-bond donors (Lipinski definition) is 1. The Hall–Kier alpha value is -1.78. The number of carbonyl (C=O) groups is 1. The standard InChI is InChI=1S/C10H9BN2O2/c1-6-8(11)2-3-13-10(6)7(5-12-13)4-9(14)15/h2-3,5H,4H2,1H3,(H,14,15). The fraction of sp³-hybridized carbons (Fsp3) is 0.200. The third kappa shape index (κ3) is 1.60. The van der Waals surface area contributed by atoms with Gasteiger partial charge in [-0.05, 0) is 12.5 Å². The third-order valence-corrected chi connectivity index (χ3v) is 2.40. The van der Waals surface area contributed by atoms with Crippen molar-refractivity contribution in [3.05, 3.63) is 29.6 Å². The van der Waals surface area contributed by atoms with Crippen LogP contribution in [-0.4, -0.2) is 28.5 Å². The van der Waals surface area contributed by atoms with Crippen LogP contribution in [0.25, 0.3) is 5.52 Å². The van der Waals surface area contributed by atoms with Crippen LogP contribution in [0.4, 0.5) is 0 Å². The average Bonchev–Trinajstić information content (AvgIpc) is 2.55. The maximum Gasteiger partial charge on any atom is 0.307 e. The minimum absolute atomic E-state index is 0.0339. The van der Waals surface area contributed by atoms with Gasteiger partial charge in [0.1, 0.15) is 7.85 Å². The van der Waals surface area contributed by atoms with Crippen LogP contribution in [0.3, 0.4) is 0 Å². The summed E-state index contributed by atoms with van der Waals surface area (Å²) in [4.78, 5) is 10.6. The molecule has 2 aromatic rings. The van der Waals surface area contributed by atoms with Crippen molar-refractivity contribution in [1.29, 1.82) is 0 Å². The van der Waals surface area contributed by atoms with Crippen molar-refractivity contribution in [2.24, 2.45) is 0 Å². The molecule has 0 saturated carbocycles. The van der Waals surface area contributed by atoms with E-state index in [-0.39, 0.29) is 6.42 Å².